The number of unbranched alkanes of at least 4 members (excludes halogenated alkanes) is 7. The number of nitriles is 1. The van der Waals surface area contributed by atoms with Gasteiger partial charge in [0.2, 0.25) is 0 Å². The van der Waals surface area contributed by atoms with E-state index in [4.69, 9.17) is 14.7 Å². The minimum atomic E-state index is 0.456. The Morgan fingerprint density at radius 2 is 1.70 bits per heavy atom. The van der Waals surface area contributed by atoms with Crippen LogP contribution in [0.3, 0.4) is 0 Å². The van der Waals surface area contributed by atoms with Gasteiger partial charge in [-0.1, -0.05) is 32.1 Å². The van der Waals surface area contributed by atoms with E-state index in [0.29, 0.717) is 6.10 Å². The lowest BCUT2D eigenvalue weighted by Crippen LogP contribution is -2.20. The molecule has 0 aliphatic carbocycles. The molecule has 1 unspecified atom stereocenters. The number of rotatable bonds is 12. The van der Waals surface area contributed by atoms with E-state index in [0.717, 1.165) is 39.1 Å². The van der Waals surface area contributed by atoms with E-state index in [2.05, 4.69) is 6.07 Å². The molecule has 0 saturated carbocycles. The first kappa shape index (κ1) is 17.5. The van der Waals surface area contributed by atoms with Crippen LogP contribution in [0.1, 0.15) is 77.0 Å². The zero-order valence-electron chi connectivity index (χ0n) is 12.9. The molecule has 0 N–H and O–H groups in total. The molecule has 0 radical (unpaired) electrons. The van der Waals surface area contributed by atoms with Crippen LogP contribution in [0.15, 0.2) is 0 Å². The Morgan fingerprint density at radius 1 is 0.950 bits per heavy atom. The largest absolute Gasteiger partial charge is 0.381 e. The molecule has 0 spiro atoms. The summed E-state index contributed by atoms with van der Waals surface area (Å²) >= 11 is 0. The van der Waals surface area contributed by atoms with Crippen molar-refractivity contribution < 1.29 is 9.47 Å². The van der Waals surface area contributed by atoms with Crippen molar-refractivity contribution in [1.29, 1.82) is 5.26 Å². The number of nitrogens with zero attached hydrogens (tertiary/aromatic N) is 1. The first-order valence-electron chi connectivity index (χ1n) is 8.50. The lowest BCUT2D eigenvalue weighted by molar-refractivity contribution is -0.00783. The summed E-state index contributed by atoms with van der Waals surface area (Å²) in [7, 11) is 0. The van der Waals surface area contributed by atoms with Gasteiger partial charge in [0.25, 0.3) is 0 Å². The molecule has 0 aromatic rings. The normalized spacial score (nSPS) is 18.9. The summed E-state index contributed by atoms with van der Waals surface area (Å²) in [5.74, 6) is 0. The first-order valence-corrected chi connectivity index (χ1v) is 8.50. The summed E-state index contributed by atoms with van der Waals surface area (Å²) < 4.78 is 11.4. The van der Waals surface area contributed by atoms with Gasteiger partial charge in [0, 0.05) is 26.2 Å². The fourth-order valence-electron chi connectivity index (χ4n) is 2.64. The second-order valence-corrected chi connectivity index (χ2v) is 5.77. The van der Waals surface area contributed by atoms with E-state index in [1.807, 2.05) is 0 Å². The molecule has 116 valence electrons. The van der Waals surface area contributed by atoms with Crippen molar-refractivity contribution >= 4 is 0 Å². The Bertz CT molecular complexity index is 244. The standard InChI is InChI=1S/C17H31NO2/c18-13-8-5-3-1-2-4-6-9-14-19-16-12-17-11-7-10-15-20-17/h17H,1-12,14-16H2. The molecule has 1 saturated heterocycles. The van der Waals surface area contributed by atoms with Crippen LogP contribution in [0, 0.1) is 11.3 Å². The van der Waals surface area contributed by atoms with Gasteiger partial charge in [0.15, 0.2) is 0 Å². The Morgan fingerprint density at radius 3 is 2.40 bits per heavy atom. The Hall–Kier alpha value is -0.590. The third-order valence-electron chi connectivity index (χ3n) is 3.94. The zero-order valence-corrected chi connectivity index (χ0v) is 12.9. The second kappa shape index (κ2) is 13.4. The van der Waals surface area contributed by atoms with Crippen LogP contribution in [0.5, 0.6) is 0 Å². The second-order valence-electron chi connectivity index (χ2n) is 5.77. The molecule has 3 heteroatoms. The van der Waals surface area contributed by atoms with Gasteiger partial charge in [-0.2, -0.15) is 5.26 Å². The van der Waals surface area contributed by atoms with Crippen LogP contribution >= 0.6 is 0 Å². The summed E-state index contributed by atoms with van der Waals surface area (Å²) in [4.78, 5) is 0. The molecule has 0 aromatic carbocycles. The van der Waals surface area contributed by atoms with Gasteiger partial charge in [-0.15, -0.1) is 0 Å². The van der Waals surface area contributed by atoms with Crippen LogP contribution < -0.4 is 0 Å². The summed E-state index contributed by atoms with van der Waals surface area (Å²) in [6, 6.07) is 2.20. The maximum absolute atomic E-state index is 8.42. The summed E-state index contributed by atoms with van der Waals surface area (Å²) in [5, 5.41) is 8.42. The summed E-state index contributed by atoms with van der Waals surface area (Å²) in [6.45, 7) is 2.71. The van der Waals surface area contributed by atoms with Crippen molar-refractivity contribution in [3.63, 3.8) is 0 Å². The summed E-state index contributed by atoms with van der Waals surface area (Å²) in [6.07, 6.45) is 14.7. The van der Waals surface area contributed by atoms with Crippen LogP contribution in [-0.4, -0.2) is 25.9 Å². The van der Waals surface area contributed by atoms with E-state index in [-0.39, 0.29) is 0 Å². The van der Waals surface area contributed by atoms with Crippen LogP contribution in [-0.2, 0) is 9.47 Å². The van der Waals surface area contributed by atoms with Crippen molar-refractivity contribution in [1.82, 2.24) is 0 Å². The maximum Gasteiger partial charge on any atom is 0.0621 e. The average molecular weight is 281 g/mol. The number of hydrogen-bond acceptors (Lipinski definition) is 3. The molecule has 1 fully saturated rings. The zero-order chi connectivity index (χ0) is 14.3. The minimum Gasteiger partial charge on any atom is -0.381 e. The van der Waals surface area contributed by atoms with Crippen molar-refractivity contribution in [2.75, 3.05) is 19.8 Å². The maximum atomic E-state index is 8.42. The molecule has 1 aliphatic rings. The van der Waals surface area contributed by atoms with Crippen molar-refractivity contribution in [2.45, 2.75) is 83.2 Å². The lowest BCUT2D eigenvalue weighted by atomic mass is 10.1. The topological polar surface area (TPSA) is 42.2 Å². The van der Waals surface area contributed by atoms with E-state index in [1.165, 1.54) is 57.8 Å². The van der Waals surface area contributed by atoms with E-state index in [9.17, 15) is 0 Å². The van der Waals surface area contributed by atoms with Gasteiger partial charge >= 0.3 is 0 Å². The van der Waals surface area contributed by atoms with Gasteiger partial charge in [0.1, 0.15) is 0 Å². The molecule has 1 aliphatic heterocycles. The monoisotopic (exact) mass is 281 g/mol. The van der Waals surface area contributed by atoms with Crippen molar-refractivity contribution in [3.8, 4) is 6.07 Å². The van der Waals surface area contributed by atoms with Gasteiger partial charge in [-0.25, -0.2) is 0 Å². The van der Waals surface area contributed by atoms with Crippen LogP contribution in [0.25, 0.3) is 0 Å². The van der Waals surface area contributed by atoms with Gasteiger partial charge in [0.05, 0.1) is 12.2 Å². The molecule has 1 atom stereocenters. The van der Waals surface area contributed by atoms with E-state index in [1.54, 1.807) is 0 Å². The molecular formula is C17H31NO2. The van der Waals surface area contributed by atoms with Crippen LogP contribution in [0.2, 0.25) is 0 Å². The number of ether oxygens (including phenoxy) is 2. The predicted molar refractivity (Wildman–Crippen MR) is 81.6 cm³/mol. The number of hydrogen-bond donors (Lipinski definition) is 0. The highest BCUT2D eigenvalue weighted by atomic mass is 16.5. The Labute approximate surface area is 124 Å². The third-order valence-corrected chi connectivity index (χ3v) is 3.94. The summed E-state index contributed by atoms with van der Waals surface area (Å²) in [5.41, 5.74) is 0. The quantitative estimate of drug-likeness (QED) is 0.491. The molecule has 0 amide bonds. The highest BCUT2D eigenvalue weighted by Crippen LogP contribution is 2.15. The van der Waals surface area contributed by atoms with Gasteiger partial charge < -0.3 is 9.47 Å². The molecule has 1 heterocycles. The smallest absolute Gasteiger partial charge is 0.0621 e. The Kier molecular flexibility index (Phi) is 11.7. The van der Waals surface area contributed by atoms with Gasteiger partial charge in [-0.05, 0) is 38.5 Å². The average Bonchev–Trinajstić information content (AvgIpc) is 2.49. The molecule has 0 aromatic heterocycles. The molecule has 0 bridgehead atoms. The highest BCUT2D eigenvalue weighted by molar-refractivity contribution is 4.67. The highest BCUT2D eigenvalue weighted by Gasteiger charge is 2.12. The van der Waals surface area contributed by atoms with Crippen molar-refractivity contribution in [3.05, 3.63) is 0 Å². The lowest BCUT2D eigenvalue weighted by Gasteiger charge is -2.22. The molecule has 20 heavy (non-hydrogen) atoms. The minimum absolute atomic E-state index is 0.456. The molecule has 1 rings (SSSR count). The van der Waals surface area contributed by atoms with Gasteiger partial charge in [-0.3, -0.25) is 0 Å². The SMILES string of the molecule is N#CCCCCCCCCCOCCC1CCCCO1. The van der Waals surface area contributed by atoms with Crippen molar-refractivity contribution in [2.24, 2.45) is 0 Å². The van der Waals surface area contributed by atoms with E-state index >= 15 is 0 Å². The first-order chi connectivity index (χ1) is 9.93. The fraction of sp³-hybridized carbons (Fsp3) is 0.941. The van der Waals surface area contributed by atoms with E-state index < -0.39 is 0 Å². The molecular weight excluding hydrogens is 250 g/mol. The molecule has 3 nitrogen and oxygen atoms in total. The third kappa shape index (κ3) is 10.2. The fourth-order valence-corrected chi connectivity index (χ4v) is 2.64. The predicted octanol–water partition coefficient (Wildman–Crippen LogP) is 4.61. The Balaban J connectivity index is 1.71. The van der Waals surface area contributed by atoms with Crippen LogP contribution in [0.4, 0.5) is 0 Å².